The minimum absolute atomic E-state index is 0.0194. The molecule has 0 aromatic heterocycles. The summed E-state index contributed by atoms with van der Waals surface area (Å²) in [6.07, 6.45) is 0.935. The van der Waals surface area contributed by atoms with Gasteiger partial charge < -0.3 is 14.8 Å². The third-order valence-corrected chi connectivity index (χ3v) is 5.89. The second kappa shape index (κ2) is 9.65. The number of nitrogens with one attached hydrogen (secondary N) is 1. The number of nitro benzene ring substituents is 1. The Morgan fingerprint density at radius 1 is 1.13 bits per heavy atom. The quantitative estimate of drug-likeness (QED) is 0.458. The van der Waals surface area contributed by atoms with E-state index in [9.17, 15) is 23.3 Å². The Hall–Kier alpha value is -3.34. The van der Waals surface area contributed by atoms with Crippen LogP contribution in [0.25, 0.3) is 0 Å². The van der Waals surface area contributed by atoms with Crippen molar-refractivity contribution >= 4 is 27.3 Å². The van der Waals surface area contributed by atoms with E-state index in [1.165, 1.54) is 39.3 Å². The number of amides is 1. The molecule has 0 saturated carbocycles. The predicted molar refractivity (Wildman–Crippen MR) is 116 cm³/mol. The molecule has 0 spiro atoms. The molecule has 31 heavy (non-hydrogen) atoms. The van der Waals surface area contributed by atoms with Crippen molar-refractivity contribution in [1.29, 1.82) is 0 Å². The molecule has 0 aliphatic rings. The van der Waals surface area contributed by atoms with E-state index in [1.54, 1.807) is 25.1 Å². The van der Waals surface area contributed by atoms with Gasteiger partial charge >= 0.3 is 0 Å². The zero-order valence-corrected chi connectivity index (χ0v) is 18.7. The molecule has 0 heterocycles. The topological polar surface area (TPSA) is 128 Å². The number of carbonyl (C=O) groups is 1. The molecule has 0 fully saturated rings. The number of anilines is 1. The van der Waals surface area contributed by atoms with Crippen LogP contribution in [0, 0.1) is 10.1 Å². The molecule has 2 aromatic carbocycles. The first-order chi connectivity index (χ1) is 14.5. The second-order valence-corrected chi connectivity index (χ2v) is 8.71. The summed E-state index contributed by atoms with van der Waals surface area (Å²) in [5.74, 6) is 0.508. The molecule has 2 unspecified atom stereocenters. The third-order valence-electron chi connectivity index (χ3n) is 4.65. The Morgan fingerprint density at radius 2 is 1.81 bits per heavy atom. The molecular weight excluding hydrogens is 426 g/mol. The van der Waals surface area contributed by atoms with Crippen molar-refractivity contribution in [2.45, 2.75) is 25.9 Å². The minimum atomic E-state index is -3.92. The molecule has 168 valence electrons. The summed E-state index contributed by atoms with van der Waals surface area (Å²) in [6, 6.07) is 8.53. The normalized spacial score (nSPS) is 13.1. The van der Waals surface area contributed by atoms with Crippen LogP contribution < -0.4 is 19.1 Å². The Bertz CT molecular complexity index is 1070. The number of ether oxygens (including phenoxy) is 2. The van der Waals surface area contributed by atoms with Gasteiger partial charge in [0.25, 0.3) is 5.69 Å². The summed E-state index contributed by atoms with van der Waals surface area (Å²) in [5, 5.41) is 13.8. The van der Waals surface area contributed by atoms with Gasteiger partial charge in [0, 0.05) is 17.7 Å². The molecule has 2 aromatic rings. The van der Waals surface area contributed by atoms with Crippen LogP contribution in [0.4, 0.5) is 11.4 Å². The highest BCUT2D eigenvalue weighted by Crippen LogP contribution is 2.30. The van der Waals surface area contributed by atoms with Crippen LogP contribution in [0.2, 0.25) is 0 Å². The number of sulfonamides is 1. The zero-order valence-electron chi connectivity index (χ0n) is 17.9. The van der Waals surface area contributed by atoms with Crippen LogP contribution in [-0.4, -0.2) is 45.8 Å². The SMILES string of the molecule is COc1ccc(OC)c(C(C)NC(=O)C(C)N(c2cccc([N+](=O)[O-])c2)S(C)(=O)=O)c1. The van der Waals surface area contributed by atoms with Gasteiger partial charge in [0.05, 0.1) is 37.1 Å². The molecular formula is C20H25N3O7S. The van der Waals surface area contributed by atoms with Gasteiger partial charge in [-0.05, 0) is 38.1 Å². The van der Waals surface area contributed by atoms with Crippen molar-refractivity contribution in [2.75, 3.05) is 24.8 Å². The van der Waals surface area contributed by atoms with Crippen LogP contribution in [0.1, 0.15) is 25.5 Å². The summed E-state index contributed by atoms with van der Waals surface area (Å²) >= 11 is 0. The Kier molecular flexibility index (Phi) is 7.45. The fraction of sp³-hybridized carbons (Fsp3) is 0.350. The largest absolute Gasteiger partial charge is 0.497 e. The Morgan fingerprint density at radius 3 is 2.35 bits per heavy atom. The van der Waals surface area contributed by atoms with E-state index in [1.807, 2.05) is 0 Å². The molecule has 1 amide bonds. The van der Waals surface area contributed by atoms with Gasteiger partial charge in [-0.3, -0.25) is 19.2 Å². The summed E-state index contributed by atoms with van der Waals surface area (Å²) < 4.78 is 36.3. The van der Waals surface area contributed by atoms with E-state index in [0.29, 0.717) is 17.1 Å². The first-order valence-electron chi connectivity index (χ1n) is 9.25. The fourth-order valence-electron chi connectivity index (χ4n) is 3.14. The summed E-state index contributed by atoms with van der Waals surface area (Å²) in [4.78, 5) is 23.4. The number of methoxy groups -OCH3 is 2. The standard InChI is InChI=1S/C20H25N3O7S/c1-13(18-12-17(29-3)9-10-19(18)30-4)21-20(24)14(2)22(31(5,27)28)15-7-6-8-16(11-15)23(25)26/h6-14H,1-5H3,(H,21,24). The first kappa shape index (κ1) is 23.9. The van der Waals surface area contributed by atoms with Gasteiger partial charge in [0.1, 0.15) is 17.5 Å². The van der Waals surface area contributed by atoms with Crippen molar-refractivity contribution in [2.24, 2.45) is 0 Å². The number of carbonyl (C=O) groups excluding carboxylic acids is 1. The molecule has 0 aliphatic heterocycles. The number of hydrogen-bond donors (Lipinski definition) is 1. The van der Waals surface area contributed by atoms with E-state index in [4.69, 9.17) is 9.47 Å². The number of hydrogen-bond acceptors (Lipinski definition) is 7. The smallest absolute Gasteiger partial charge is 0.271 e. The highest BCUT2D eigenvalue weighted by Gasteiger charge is 2.31. The van der Waals surface area contributed by atoms with Crippen LogP contribution in [0.5, 0.6) is 11.5 Å². The van der Waals surface area contributed by atoms with Crippen molar-refractivity contribution in [3.05, 3.63) is 58.1 Å². The van der Waals surface area contributed by atoms with Gasteiger partial charge in [-0.15, -0.1) is 0 Å². The van der Waals surface area contributed by atoms with Gasteiger partial charge in [-0.2, -0.15) is 0 Å². The van der Waals surface area contributed by atoms with E-state index in [0.717, 1.165) is 16.6 Å². The first-order valence-corrected chi connectivity index (χ1v) is 11.1. The number of benzene rings is 2. The Labute approximate surface area is 181 Å². The van der Waals surface area contributed by atoms with Crippen LogP contribution >= 0.6 is 0 Å². The predicted octanol–water partition coefficient (Wildman–Crippen LogP) is 2.64. The highest BCUT2D eigenvalue weighted by atomic mass is 32.2. The van der Waals surface area contributed by atoms with Crippen LogP contribution in [0.3, 0.4) is 0 Å². The van der Waals surface area contributed by atoms with Crippen molar-refractivity contribution in [1.82, 2.24) is 5.32 Å². The van der Waals surface area contributed by atoms with E-state index < -0.39 is 32.9 Å². The summed E-state index contributed by atoms with van der Waals surface area (Å²) in [6.45, 7) is 3.13. The molecule has 0 radical (unpaired) electrons. The molecule has 0 aliphatic carbocycles. The van der Waals surface area contributed by atoms with Crippen LogP contribution in [-0.2, 0) is 14.8 Å². The number of non-ortho nitro benzene ring substituents is 1. The van der Waals surface area contributed by atoms with Gasteiger partial charge in [-0.1, -0.05) is 6.07 Å². The molecule has 0 bridgehead atoms. The van der Waals surface area contributed by atoms with Crippen molar-refractivity contribution in [3.8, 4) is 11.5 Å². The van der Waals surface area contributed by atoms with E-state index in [2.05, 4.69) is 5.32 Å². The lowest BCUT2D eigenvalue weighted by molar-refractivity contribution is -0.384. The maximum absolute atomic E-state index is 12.9. The maximum Gasteiger partial charge on any atom is 0.271 e. The lowest BCUT2D eigenvalue weighted by Crippen LogP contribution is -2.48. The average molecular weight is 452 g/mol. The molecule has 1 N–H and O–H groups in total. The molecule has 2 atom stereocenters. The molecule has 0 saturated heterocycles. The van der Waals surface area contributed by atoms with Gasteiger partial charge in [0.2, 0.25) is 15.9 Å². The van der Waals surface area contributed by atoms with Gasteiger partial charge in [-0.25, -0.2) is 8.42 Å². The van der Waals surface area contributed by atoms with Gasteiger partial charge in [0.15, 0.2) is 0 Å². The molecule has 2 rings (SSSR count). The molecule has 11 heteroatoms. The van der Waals surface area contributed by atoms with Crippen molar-refractivity contribution < 1.29 is 27.6 Å². The minimum Gasteiger partial charge on any atom is -0.497 e. The summed E-state index contributed by atoms with van der Waals surface area (Å²) in [5.41, 5.74) is 0.378. The van der Waals surface area contributed by atoms with E-state index >= 15 is 0 Å². The number of rotatable bonds is 9. The lowest BCUT2D eigenvalue weighted by Gasteiger charge is -2.29. The average Bonchev–Trinajstić information content (AvgIpc) is 2.72. The lowest BCUT2D eigenvalue weighted by atomic mass is 10.1. The van der Waals surface area contributed by atoms with Crippen molar-refractivity contribution in [3.63, 3.8) is 0 Å². The maximum atomic E-state index is 12.9. The Balaban J connectivity index is 2.35. The van der Waals surface area contributed by atoms with Crippen LogP contribution in [0.15, 0.2) is 42.5 Å². The third kappa shape index (κ3) is 5.63. The zero-order chi connectivity index (χ0) is 23.3. The van der Waals surface area contributed by atoms with E-state index in [-0.39, 0.29) is 11.4 Å². The monoisotopic (exact) mass is 451 g/mol. The summed E-state index contributed by atoms with van der Waals surface area (Å²) in [7, 11) is -0.913. The number of nitrogens with zero attached hydrogens (tertiary/aromatic N) is 2. The fourth-order valence-corrected chi connectivity index (χ4v) is 4.31. The molecule has 10 nitrogen and oxygen atoms in total. The second-order valence-electron chi connectivity index (χ2n) is 6.85. The number of nitro groups is 1. The highest BCUT2D eigenvalue weighted by molar-refractivity contribution is 7.92.